The van der Waals surface area contributed by atoms with E-state index in [2.05, 4.69) is 15.5 Å². The third kappa shape index (κ3) is 3.60. The topological polar surface area (TPSA) is 86.5 Å². The first-order chi connectivity index (χ1) is 12.1. The first-order valence-electron chi connectivity index (χ1n) is 7.55. The maximum atomic E-state index is 11.2. The van der Waals surface area contributed by atoms with Crippen LogP contribution < -0.4 is 14.8 Å². The molecule has 3 aromatic rings. The molecule has 0 spiro atoms. The maximum Gasteiger partial charge on any atom is 0.258 e. The Labute approximate surface area is 144 Å². The molecule has 7 heteroatoms. The number of hydrogen-bond acceptors (Lipinski definition) is 6. The van der Waals surface area contributed by atoms with Crippen molar-refractivity contribution in [1.82, 2.24) is 10.1 Å². The number of ether oxygens (including phenoxy) is 2. The van der Waals surface area contributed by atoms with E-state index in [0.717, 1.165) is 5.56 Å². The zero-order chi connectivity index (χ0) is 17.8. The number of nitrogens with zero attached hydrogens (tertiary/aromatic N) is 2. The van der Waals surface area contributed by atoms with Gasteiger partial charge in [0, 0.05) is 23.7 Å². The lowest BCUT2D eigenvalue weighted by Gasteiger charge is -2.07. The van der Waals surface area contributed by atoms with Crippen molar-refractivity contribution in [2.45, 2.75) is 6.92 Å². The molecule has 1 N–H and O–H groups in total. The fourth-order valence-corrected chi connectivity index (χ4v) is 2.37. The zero-order valence-electron chi connectivity index (χ0n) is 14.1. The molecule has 0 aliphatic rings. The minimum atomic E-state index is -0.145. The highest BCUT2D eigenvalue weighted by Crippen LogP contribution is 2.32. The molecule has 0 radical (unpaired) electrons. The number of hydrogen-bond donors (Lipinski definition) is 1. The Balaban J connectivity index is 1.91. The monoisotopic (exact) mass is 339 g/mol. The minimum Gasteiger partial charge on any atom is -0.493 e. The van der Waals surface area contributed by atoms with E-state index in [4.69, 9.17) is 14.0 Å². The van der Waals surface area contributed by atoms with E-state index >= 15 is 0 Å². The highest BCUT2D eigenvalue weighted by molar-refractivity contribution is 5.89. The SMILES string of the molecule is COc1ccc(-c2noc(-c3cccc(NC(C)=O)c3)n2)cc1OC. The summed E-state index contributed by atoms with van der Waals surface area (Å²) in [5.74, 6) is 1.85. The van der Waals surface area contributed by atoms with Gasteiger partial charge in [0.2, 0.25) is 11.7 Å². The standard InChI is InChI=1S/C18H17N3O4/c1-11(22)19-14-6-4-5-13(9-14)18-20-17(21-25-18)12-7-8-15(23-2)16(10-12)24-3/h4-10H,1-3H3,(H,19,22). The number of anilines is 1. The summed E-state index contributed by atoms with van der Waals surface area (Å²) < 4.78 is 15.9. The van der Waals surface area contributed by atoms with Crippen molar-refractivity contribution in [2.75, 3.05) is 19.5 Å². The van der Waals surface area contributed by atoms with Crippen molar-refractivity contribution in [1.29, 1.82) is 0 Å². The molecule has 0 aliphatic heterocycles. The van der Waals surface area contributed by atoms with E-state index < -0.39 is 0 Å². The lowest BCUT2D eigenvalue weighted by Crippen LogP contribution is -2.05. The quantitative estimate of drug-likeness (QED) is 0.767. The van der Waals surface area contributed by atoms with Crippen LogP contribution in [0.3, 0.4) is 0 Å². The van der Waals surface area contributed by atoms with Gasteiger partial charge in [-0.05, 0) is 36.4 Å². The highest BCUT2D eigenvalue weighted by Gasteiger charge is 2.13. The Hall–Kier alpha value is -3.35. The molecular weight excluding hydrogens is 322 g/mol. The minimum absolute atomic E-state index is 0.145. The molecule has 1 amide bonds. The average Bonchev–Trinajstić information content (AvgIpc) is 3.11. The van der Waals surface area contributed by atoms with Crippen molar-refractivity contribution >= 4 is 11.6 Å². The molecule has 0 fully saturated rings. The molecule has 0 atom stereocenters. The van der Waals surface area contributed by atoms with Gasteiger partial charge < -0.3 is 19.3 Å². The molecule has 0 bridgehead atoms. The summed E-state index contributed by atoms with van der Waals surface area (Å²) in [4.78, 5) is 15.6. The maximum absolute atomic E-state index is 11.2. The smallest absolute Gasteiger partial charge is 0.258 e. The molecule has 25 heavy (non-hydrogen) atoms. The van der Waals surface area contributed by atoms with Crippen LogP contribution in [0.4, 0.5) is 5.69 Å². The van der Waals surface area contributed by atoms with Gasteiger partial charge in [-0.15, -0.1) is 0 Å². The van der Waals surface area contributed by atoms with Crippen LogP contribution in [0.15, 0.2) is 47.0 Å². The Kier molecular flexibility index (Phi) is 4.65. The molecule has 0 aliphatic carbocycles. The second kappa shape index (κ2) is 7.04. The summed E-state index contributed by atoms with van der Waals surface area (Å²) in [6.45, 7) is 1.45. The molecule has 7 nitrogen and oxygen atoms in total. The van der Waals surface area contributed by atoms with E-state index in [1.54, 1.807) is 44.6 Å². The third-order valence-corrected chi connectivity index (χ3v) is 3.50. The van der Waals surface area contributed by atoms with Crippen molar-refractivity contribution in [3.63, 3.8) is 0 Å². The van der Waals surface area contributed by atoms with Crippen LogP contribution in [0, 0.1) is 0 Å². The summed E-state index contributed by atoms with van der Waals surface area (Å²) in [6.07, 6.45) is 0. The number of carbonyl (C=O) groups excluding carboxylic acids is 1. The van der Waals surface area contributed by atoms with Crippen LogP contribution >= 0.6 is 0 Å². The van der Waals surface area contributed by atoms with Crippen LogP contribution in [-0.2, 0) is 4.79 Å². The van der Waals surface area contributed by atoms with Crippen molar-refractivity contribution in [2.24, 2.45) is 0 Å². The molecule has 3 rings (SSSR count). The lowest BCUT2D eigenvalue weighted by molar-refractivity contribution is -0.114. The van der Waals surface area contributed by atoms with Crippen LogP contribution in [-0.4, -0.2) is 30.3 Å². The van der Waals surface area contributed by atoms with Crippen LogP contribution in [0.1, 0.15) is 6.92 Å². The molecule has 1 aromatic heterocycles. The van der Waals surface area contributed by atoms with Gasteiger partial charge in [-0.2, -0.15) is 4.98 Å². The van der Waals surface area contributed by atoms with E-state index in [1.807, 2.05) is 12.1 Å². The van der Waals surface area contributed by atoms with E-state index in [1.165, 1.54) is 6.92 Å². The van der Waals surface area contributed by atoms with Gasteiger partial charge in [0.25, 0.3) is 5.89 Å². The molecule has 2 aromatic carbocycles. The normalized spacial score (nSPS) is 10.4. The summed E-state index contributed by atoms with van der Waals surface area (Å²) >= 11 is 0. The second-order valence-electron chi connectivity index (χ2n) is 5.25. The number of amides is 1. The second-order valence-corrected chi connectivity index (χ2v) is 5.25. The molecule has 1 heterocycles. The molecule has 0 saturated heterocycles. The predicted molar refractivity (Wildman–Crippen MR) is 92.6 cm³/mol. The Bertz CT molecular complexity index is 905. The third-order valence-electron chi connectivity index (χ3n) is 3.50. The van der Waals surface area contributed by atoms with Gasteiger partial charge >= 0.3 is 0 Å². The van der Waals surface area contributed by atoms with Gasteiger partial charge in [0.15, 0.2) is 11.5 Å². The lowest BCUT2D eigenvalue weighted by atomic mass is 10.2. The molecule has 0 saturated carbocycles. The van der Waals surface area contributed by atoms with Crippen LogP contribution in [0.25, 0.3) is 22.8 Å². The average molecular weight is 339 g/mol. The Morgan fingerprint density at radius 2 is 1.84 bits per heavy atom. The van der Waals surface area contributed by atoms with Crippen LogP contribution in [0.2, 0.25) is 0 Å². The predicted octanol–water partition coefficient (Wildman–Crippen LogP) is 3.38. The first-order valence-corrected chi connectivity index (χ1v) is 7.55. The van der Waals surface area contributed by atoms with E-state index in [0.29, 0.717) is 34.5 Å². The fraction of sp³-hybridized carbons (Fsp3) is 0.167. The first kappa shape index (κ1) is 16.5. The van der Waals surface area contributed by atoms with Gasteiger partial charge in [0.05, 0.1) is 14.2 Å². The largest absolute Gasteiger partial charge is 0.493 e. The van der Waals surface area contributed by atoms with Crippen molar-refractivity contribution in [3.8, 4) is 34.3 Å². The fourth-order valence-electron chi connectivity index (χ4n) is 2.37. The number of rotatable bonds is 5. The highest BCUT2D eigenvalue weighted by atomic mass is 16.5. The van der Waals surface area contributed by atoms with Gasteiger partial charge in [-0.25, -0.2) is 0 Å². The summed E-state index contributed by atoms with van der Waals surface area (Å²) in [5, 5.41) is 6.74. The summed E-state index contributed by atoms with van der Waals surface area (Å²) in [5.41, 5.74) is 2.12. The zero-order valence-corrected chi connectivity index (χ0v) is 14.1. The summed E-state index contributed by atoms with van der Waals surface area (Å²) in [6, 6.07) is 12.6. The number of nitrogens with one attached hydrogen (secondary N) is 1. The Morgan fingerprint density at radius 1 is 1.04 bits per heavy atom. The molecule has 0 unspecified atom stereocenters. The van der Waals surface area contributed by atoms with Gasteiger partial charge in [-0.3, -0.25) is 4.79 Å². The number of carbonyl (C=O) groups is 1. The van der Waals surface area contributed by atoms with Gasteiger partial charge in [0.1, 0.15) is 0 Å². The van der Waals surface area contributed by atoms with E-state index in [-0.39, 0.29) is 5.91 Å². The number of methoxy groups -OCH3 is 2. The Morgan fingerprint density at radius 3 is 2.56 bits per heavy atom. The molecule has 128 valence electrons. The number of aromatic nitrogens is 2. The molecular formula is C18H17N3O4. The van der Waals surface area contributed by atoms with Crippen LogP contribution in [0.5, 0.6) is 11.5 Å². The number of benzene rings is 2. The van der Waals surface area contributed by atoms with E-state index in [9.17, 15) is 4.79 Å². The van der Waals surface area contributed by atoms with Crippen molar-refractivity contribution in [3.05, 3.63) is 42.5 Å². The summed E-state index contributed by atoms with van der Waals surface area (Å²) in [7, 11) is 3.14. The van der Waals surface area contributed by atoms with Gasteiger partial charge in [-0.1, -0.05) is 11.2 Å². The van der Waals surface area contributed by atoms with Crippen molar-refractivity contribution < 1.29 is 18.8 Å².